The van der Waals surface area contributed by atoms with E-state index in [1.807, 2.05) is 20.8 Å². The third-order valence-corrected chi connectivity index (χ3v) is 4.48. The molecule has 2 N–H and O–H groups in total. The Morgan fingerprint density at radius 1 is 1.22 bits per heavy atom. The molecule has 23 heavy (non-hydrogen) atoms. The SMILES string of the molecule is CCCCNC(=O)COc1ccc(S(=O)(=O)NCC(C)C)cc1. The summed E-state index contributed by atoms with van der Waals surface area (Å²) in [5.41, 5.74) is 0. The van der Waals surface area contributed by atoms with E-state index in [0.717, 1.165) is 12.8 Å². The van der Waals surface area contributed by atoms with Gasteiger partial charge in [0.05, 0.1) is 4.90 Å². The number of hydrogen-bond acceptors (Lipinski definition) is 4. The number of carbonyl (C=O) groups excluding carboxylic acids is 1. The molecular weight excluding hydrogens is 316 g/mol. The lowest BCUT2D eigenvalue weighted by Gasteiger charge is -2.10. The van der Waals surface area contributed by atoms with Crippen molar-refractivity contribution < 1.29 is 17.9 Å². The first-order valence-corrected chi connectivity index (χ1v) is 9.32. The Morgan fingerprint density at radius 3 is 2.43 bits per heavy atom. The fourth-order valence-electron chi connectivity index (χ4n) is 1.68. The summed E-state index contributed by atoms with van der Waals surface area (Å²) in [4.78, 5) is 11.7. The topological polar surface area (TPSA) is 84.5 Å². The van der Waals surface area contributed by atoms with Gasteiger partial charge in [-0.3, -0.25) is 4.79 Å². The van der Waals surface area contributed by atoms with Crippen LogP contribution in [0.3, 0.4) is 0 Å². The fraction of sp³-hybridized carbons (Fsp3) is 0.562. The van der Waals surface area contributed by atoms with Gasteiger partial charge in [0.2, 0.25) is 10.0 Å². The molecule has 0 saturated heterocycles. The number of benzene rings is 1. The van der Waals surface area contributed by atoms with Gasteiger partial charge in [-0.25, -0.2) is 13.1 Å². The number of amides is 1. The maximum absolute atomic E-state index is 12.0. The lowest BCUT2D eigenvalue weighted by Crippen LogP contribution is -2.29. The quantitative estimate of drug-likeness (QED) is 0.636. The zero-order valence-electron chi connectivity index (χ0n) is 14.0. The Balaban J connectivity index is 2.51. The first-order valence-electron chi connectivity index (χ1n) is 7.84. The Labute approximate surface area is 138 Å². The zero-order valence-corrected chi connectivity index (χ0v) is 14.8. The smallest absolute Gasteiger partial charge is 0.257 e. The van der Waals surface area contributed by atoms with Gasteiger partial charge in [0.25, 0.3) is 5.91 Å². The minimum atomic E-state index is -3.50. The van der Waals surface area contributed by atoms with E-state index in [9.17, 15) is 13.2 Å². The van der Waals surface area contributed by atoms with Crippen LogP contribution in [-0.2, 0) is 14.8 Å². The van der Waals surface area contributed by atoms with Gasteiger partial charge in [0.1, 0.15) is 5.75 Å². The van der Waals surface area contributed by atoms with Crippen LogP contribution in [0.25, 0.3) is 0 Å². The molecule has 0 radical (unpaired) electrons. The molecule has 0 unspecified atom stereocenters. The van der Waals surface area contributed by atoms with Crippen LogP contribution in [0.1, 0.15) is 33.6 Å². The van der Waals surface area contributed by atoms with E-state index in [-0.39, 0.29) is 23.3 Å². The van der Waals surface area contributed by atoms with Gasteiger partial charge >= 0.3 is 0 Å². The molecule has 6 nitrogen and oxygen atoms in total. The van der Waals surface area contributed by atoms with Gasteiger partial charge in [-0.2, -0.15) is 0 Å². The molecule has 0 heterocycles. The third kappa shape index (κ3) is 7.47. The summed E-state index contributed by atoms with van der Waals surface area (Å²) in [6, 6.07) is 6.02. The maximum Gasteiger partial charge on any atom is 0.257 e. The van der Waals surface area contributed by atoms with Crippen LogP contribution >= 0.6 is 0 Å². The number of rotatable bonds is 10. The molecule has 0 saturated carbocycles. The zero-order chi connectivity index (χ0) is 17.3. The minimum Gasteiger partial charge on any atom is -0.484 e. The number of sulfonamides is 1. The van der Waals surface area contributed by atoms with Crippen molar-refractivity contribution in [2.75, 3.05) is 19.7 Å². The monoisotopic (exact) mass is 342 g/mol. The largest absolute Gasteiger partial charge is 0.484 e. The van der Waals surface area contributed by atoms with Gasteiger partial charge in [0, 0.05) is 13.1 Å². The van der Waals surface area contributed by atoms with E-state index >= 15 is 0 Å². The number of hydrogen-bond donors (Lipinski definition) is 2. The minimum absolute atomic E-state index is 0.0819. The summed E-state index contributed by atoms with van der Waals surface area (Å²) < 4.78 is 32.0. The summed E-state index contributed by atoms with van der Waals surface area (Å²) in [5.74, 6) is 0.505. The number of nitrogens with one attached hydrogen (secondary N) is 2. The summed E-state index contributed by atoms with van der Waals surface area (Å²) in [6.07, 6.45) is 1.95. The molecular formula is C16H26N2O4S. The molecule has 1 aromatic carbocycles. The predicted octanol–water partition coefficient (Wildman–Crippen LogP) is 1.92. The highest BCUT2D eigenvalue weighted by Gasteiger charge is 2.14. The Morgan fingerprint density at radius 2 is 1.87 bits per heavy atom. The number of ether oxygens (including phenoxy) is 1. The summed E-state index contributed by atoms with van der Waals surface area (Å²) in [6.45, 7) is 6.86. The molecule has 0 aliphatic rings. The summed E-state index contributed by atoms with van der Waals surface area (Å²) in [5, 5.41) is 2.75. The van der Waals surface area contributed by atoms with Crippen molar-refractivity contribution in [1.82, 2.24) is 10.0 Å². The molecule has 1 amide bonds. The van der Waals surface area contributed by atoms with Crippen LogP contribution < -0.4 is 14.8 Å². The highest BCUT2D eigenvalue weighted by Crippen LogP contribution is 2.16. The van der Waals surface area contributed by atoms with Crippen molar-refractivity contribution in [3.05, 3.63) is 24.3 Å². The second kappa shape index (κ2) is 9.52. The van der Waals surface area contributed by atoms with Gasteiger partial charge in [-0.15, -0.1) is 0 Å². The molecule has 0 fully saturated rings. The second-order valence-corrected chi connectivity index (χ2v) is 7.48. The van der Waals surface area contributed by atoms with Crippen molar-refractivity contribution in [3.8, 4) is 5.75 Å². The number of carbonyl (C=O) groups is 1. The molecule has 0 aromatic heterocycles. The molecule has 0 aliphatic heterocycles. The first kappa shape index (κ1) is 19.4. The molecule has 7 heteroatoms. The average molecular weight is 342 g/mol. The highest BCUT2D eigenvalue weighted by molar-refractivity contribution is 7.89. The van der Waals surface area contributed by atoms with Crippen LogP contribution in [-0.4, -0.2) is 34.0 Å². The van der Waals surface area contributed by atoms with E-state index in [0.29, 0.717) is 18.8 Å². The van der Waals surface area contributed by atoms with E-state index in [1.54, 1.807) is 12.1 Å². The Bertz CT molecular complexity index is 583. The molecule has 0 bridgehead atoms. The first-order chi connectivity index (χ1) is 10.8. The van der Waals surface area contributed by atoms with Gasteiger partial charge in [0.15, 0.2) is 6.61 Å². The average Bonchev–Trinajstić information content (AvgIpc) is 2.52. The van der Waals surface area contributed by atoms with E-state index in [2.05, 4.69) is 10.0 Å². The van der Waals surface area contributed by atoms with Gasteiger partial charge in [-0.05, 0) is 36.6 Å². The fourth-order valence-corrected chi connectivity index (χ4v) is 2.89. The number of unbranched alkanes of at least 4 members (excludes halogenated alkanes) is 1. The normalized spacial score (nSPS) is 11.5. The summed E-state index contributed by atoms with van der Waals surface area (Å²) >= 11 is 0. The van der Waals surface area contributed by atoms with Crippen LogP contribution in [0.4, 0.5) is 0 Å². The predicted molar refractivity (Wildman–Crippen MR) is 89.9 cm³/mol. The van der Waals surface area contributed by atoms with E-state index in [4.69, 9.17) is 4.74 Å². The second-order valence-electron chi connectivity index (χ2n) is 5.71. The van der Waals surface area contributed by atoms with E-state index in [1.165, 1.54) is 12.1 Å². The third-order valence-electron chi connectivity index (χ3n) is 3.04. The molecule has 1 rings (SSSR count). The molecule has 0 aliphatic carbocycles. The van der Waals surface area contributed by atoms with Gasteiger partial charge in [-0.1, -0.05) is 27.2 Å². The molecule has 130 valence electrons. The van der Waals surface area contributed by atoms with Crippen LogP contribution in [0, 0.1) is 5.92 Å². The van der Waals surface area contributed by atoms with Crippen molar-refractivity contribution in [1.29, 1.82) is 0 Å². The summed E-state index contributed by atoms with van der Waals surface area (Å²) in [7, 11) is -3.50. The maximum atomic E-state index is 12.0. The lowest BCUT2D eigenvalue weighted by molar-refractivity contribution is -0.123. The van der Waals surface area contributed by atoms with Crippen molar-refractivity contribution in [2.45, 2.75) is 38.5 Å². The molecule has 0 spiro atoms. The highest BCUT2D eigenvalue weighted by atomic mass is 32.2. The van der Waals surface area contributed by atoms with Crippen molar-refractivity contribution >= 4 is 15.9 Å². The Hall–Kier alpha value is -1.60. The van der Waals surface area contributed by atoms with Crippen LogP contribution in [0.2, 0.25) is 0 Å². The van der Waals surface area contributed by atoms with E-state index < -0.39 is 10.0 Å². The lowest BCUT2D eigenvalue weighted by atomic mass is 10.2. The van der Waals surface area contributed by atoms with Crippen molar-refractivity contribution in [3.63, 3.8) is 0 Å². The van der Waals surface area contributed by atoms with Gasteiger partial charge < -0.3 is 10.1 Å². The standard InChI is InChI=1S/C16H26N2O4S/c1-4-5-10-17-16(19)12-22-14-6-8-15(9-7-14)23(20,21)18-11-13(2)3/h6-9,13,18H,4-5,10-12H2,1-3H3,(H,17,19). The Kier molecular flexibility index (Phi) is 8.05. The van der Waals surface area contributed by atoms with Crippen molar-refractivity contribution in [2.24, 2.45) is 5.92 Å². The molecule has 1 aromatic rings. The van der Waals surface area contributed by atoms with Crippen LogP contribution in [0.15, 0.2) is 29.2 Å². The van der Waals surface area contributed by atoms with Crippen LogP contribution in [0.5, 0.6) is 5.75 Å². The molecule has 0 atom stereocenters.